The minimum Gasteiger partial charge on any atom is -0.328 e. The molecular weight excluding hydrogens is 486 g/mol. The zero-order valence-electron chi connectivity index (χ0n) is 22.0. The third-order valence-corrected chi connectivity index (χ3v) is 6.79. The molecule has 5 rings (SSSR count). The summed E-state index contributed by atoms with van der Waals surface area (Å²) in [5.74, 6) is 0.103. The number of carbonyl (C=O) groups excluding carboxylic acids is 1. The number of fused-ring (bicyclic) bond motifs is 1. The summed E-state index contributed by atoms with van der Waals surface area (Å²) in [5, 5.41) is 2.39. The monoisotopic (exact) mass is 517 g/mol. The summed E-state index contributed by atoms with van der Waals surface area (Å²) in [5.41, 5.74) is 6.09. The number of H-pyrrole nitrogens is 1. The second-order valence-electron chi connectivity index (χ2n) is 9.60. The van der Waals surface area contributed by atoms with E-state index in [1.165, 1.54) is 16.3 Å². The SMILES string of the molecule is CCCC(=O)OOc1cccc(CCCc2cc(-c3ccccc3-c3cccc4ccccc34)c[nH]c2=O)c1. The van der Waals surface area contributed by atoms with Gasteiger partial charge in [0.1, 0.15) is 0 Å². The first-order valence-electron chi connectivity index (χ1n) is 13.4. The Kier molecular flexibility index (Phi) is 8.18. The molecule has 0 bridgehead atoms. The lowest BCUT2D eigenvalue weighted by Gasteiger charge is -2.13. The fourth-order valence-electron chi connectivity index (χ4n) is 4.88. The minimum absolute atomic E-state index is 0.0682. The fourth-order valence-corrected chi connectivity index (χ4v) is 4.88. The number of pyridine rings is 1. The Bertz CT molecular complexity index is 1650. The van der Waals surface area contributed by atoms with E-state index in [1.54, 1.807) is 12.3 Å². The van der Waals surface area contributed by atoms with Gasteiger partial charge < -0.3 is 4.98 Å². The van der Waals surface area contributed by atoms with Crippen LogP contribution in [-0.2, 0) is 22.5 Å². The molecule has 39 heavy (non-hydrogen) atoms. The van der Waals surface area contributed by atoms with Gasteiger partial charge in [-0.3, -0.25) is 14.6 Å². The van der Waals surface area contributed by atoms with Crippen molar-refractivity contribution in [3.63, 3.8) is 0 Å². The zero-order valence-corrected chi connectivity index (χ0v) is 22.0. The molecule has 0 aliphatic heterocycles. The molecule has 1 heterocycles. The summed E-state index contributed by atoms with van der Waals surface area (Å²) < 4.78 is 0. The predicted molar refractivity (Wildman–Crippen MR) is 156 cm³/mol. The number of nitrogens with one attached hydrogen (secondary N) is 1. The van der Waals surface area contributed by atoms with Crippen molar-refractivity contribution >= 4 is 16.7 Å². The number of hydrogen-bond acceptors (Lipinski definition) is 4. The highest BCUT2D eigenvalue weighted by atomic mass is 17.2. The number of rotatable bonds is 10. The molecule has 0 amide bonds. The van der Waals surface area contributed by atoms with Gasteiger partial charge in [-0.25, -0.2) is 4.79 Å². The Morgan fingerprint density at radius 3 is 2.41 bits per heavy atom. The summed E-state index contributed by atoms with van der Waals surface area (Å²) in [4.78, 5) is 37.3. The Morgan fingerprint density at radius 2 is 1.54 bits per heavy atom. The van der Waals surface area contributed by atoms with Crippen LogP contribution in [0.3, 0.4) is 0 Å². The molecule has 5 nitrogen and oxygen atoms in total. The van der Waals surface area contributed by atoms with Crippen LogP contribution in [0.25, 0.3) is 33.0 Å². The summed E-state index contributed by atoms with van der Waals surface area (Å²) >= 11 is 0. The molecular formula is C34H31NO4. The number of benzene rings is 4. The zero-order chi connectivity index (χ0) is 27.0. The largest absolute Gasteiger partial charge is 0.355 e. The van der Waals surface area contributed by atoms with Gasteiger partial charge >= 0.3 is 5.97 Å². The van der Waals surface area contributed by atoms with E-state index in [-0.39, 0.29) is 11.5 Å². The minimum atomic E-state index is -0.385. The van der Waals surface area contributed by atoms with Crippen molar-refractivity contribution < 1.29 is 14.6 Å². The molecule has 0 atom stereocenters. The Balaban J connectivity index is 1.33. The average Bonchev–Trinajstić information content (AvgIpc) is 2.97. The number of hydrogen-bond donors (Lipinski definition) is 1. The van der Waals surface area contributed by atoms with Gasteiger partial charge in [-0.1, -0.05) is 85.8 Å². The molecule has 1 aromatic heterocycles. The molecule has 0 radical (unpaired) electrons. The first kappa shape index (κ1) is 26.0. The molecule has 1 N–H and O–H groups in total. The quantitative estimate of drug-likeness (QED) is 0.152. The highest BCUT2D eigenvalue weighted by Crippen LogP contribution is 2.36. The van der Waals surface area contributed by atoms with Crippen LogP contribution in [-0.4, -0.2) is 11.0 Å². The van der Waals surface area contributed by atoms with Crippen LogP contribution in [0.2, 0.25) is 0 Å². The number of carbonyl (C=O) groups is 1. The van der Waals surface area contributed by atoms with Gasteiger partial charge in [-0.05, 0) is 82.5 Å². The van der Waals surface area contributed by atoms with Crippen LogP contribution in [0.15, 0.2) is 108 Å². The van der Waals surface area contributed by atoms with Crippen LogP contribution in [0, 0.1) is 0 Å². The van der Waals surface area contributed by atoms with Gasteiger partial charge in [0.05, 0.1) is 0 Å². The van der Waals surface area contributed by atoms with Gasteiger partial charge in [0, 0.05) is 18.2 Å². The lowest BCUT2D eigenvalue weighted by atomic mass is 9.91. The second-order valence-corrected chi connectivity index (χ2v) is 9.60. The molecule has 0 aliphatic carbocycles. The van der Waals surface area contributed by atoms with Crippen molar-refractivity contribution in [2.75, 3.05) is 0 Å². The summed E-state index contributed by atoms with van der Waals surface area (Å²) in [6.07, 6.45) is 5.01. The van der Waals surface area contributed by atoms with Crippen LogP contribution in [0.5, 0.6) is 5.75 Å². The normalized spacial score (nSPS) is 10.9. The first-order valence-corrected chi connectivity index (χ1v) is 13.4. The first-order chi connectivity index (χ1) is 19.1. The fraction of sp³-hybridized carbons (Fsp3) is 0.176. The Hall–Kier alpha value is -4.64. The van der Waals surface area contributed by atoms with Crippen LogP contribution in [0.1, 0.15) is 37.3 Å². The van der Waals surface area contributed by atoms with Crippen LogP contribution >= 0.6 is 0 Å². The summed E-state index contributed by atoms with van der Waals surface area (Å²) in [6, 6.07) is 32.6. The molecule has 5 heteroatoms. The molecule has 0 fully saturated rings. The molecule has 5 aromatic rings. The number of aromatic nitrogens is 1. The Labute approximate surface area is 228 Å². The lowest BCUT2D eigenvalue weighted by Crippen LogP contribution is -2.12. The van der Waals surface area contributed by atoms with E-state index >= 15 is 0 Å². The molecule has 0 saturated heterocycles. The second kappa shape index (κ2) is 12.3. The van der Waals surface area contributed by atoms with E-state index < -0.39 is 0 Å². The van der Waals surface area contributed by atoms with E-state index in [0.717, 1.165) is 40.7 Å². The Morgan fingerprint density at radius 1 is 0.795 bits per heavy atom. The van der Waals surface area contributed by atoms with E-state index in [1.807, 2.05) is 37.3 Å². The van der Waals surface area contributed by atoms with Gasteiger partial charge in [0.25, 0.3) is 5.56 Å². The maximum absolute atomic E-state index is 12.7. The molecule has 0 unspecified atom stereocenters. The molecule has 0 saturated carbocycles. The van der Waals surface area contributed by atoms with E-state index in [4.69, 9.17) is 9.78 Å². The van der Waals surface area contributed by atoms with Gasteiger partial charge in [0.2, 0.25) is 0 Å². The third-order valence-electron chi connectivity index (χ3n) is 6.79. The molecule has 196 valence electrons. The predicted octanol–water partition coefficient (Wildman–Crippen LogP) is 7.67. The number of aromatic amines is 1. The van der Waals surface area contributed by atoms with Crippen molar-refractivity contribution in [1.29, 1.82) is 0 Å². The van der Waals surface area contributed by atoms with E-state index in [0.29, 0.717) is 25.0 Å². The molecule has 0 aliphatic rings. The smallest absolute Gasteiger partial charge is 0.328 e. The van der Waals surface area contributed by atoms with Crippen molar-refractivity contribution in [2.45, 2.75) is 39.0 Å². The van der Waals surface area contributed by atoms with Crippen molar-refractivity contribution in [3.05, 3.63) is 125 Å². The standard InChI is InChI=1S/C34H31NO4/c1-2-10-33(36)39-38-28-16-8-12-24(21-28)11-7-15-26-22-27(23-35-34(26)37)30-18-5-6-19-31(30)32-20-9-14-25-13-3-4-17-29(25)32/h3-6,8-9,12-14,16-23H,2,7,10-11,15H2,1H3,(H,35,37). The van der Waals surface area contributed by atoms with E-state index in [2.05, 4.69) is 65.6 Å². The highest BCUT2D eigenvalue weighted by Gasteiger charge is 2.12. The average molecular weight is 518 g/mol. The topological polar surface area (TPSA) is 68.4 Å². The van der Waals surface area contributed by atoms with Crippen molar-refractivity contribution in [3.8, 4) is 28.0 Å². The van der Waals surface area contributed by atoms with Gasteiger partial charge in [-0.15, -0.1) is 0 Å². The van der Waals surface area contributed by atoms with Gasteiger partial charge in [-0.2, -0.15) is 0 Å². The highest BCUT2D eigenvalue weighted by molar-refractivity contribution is 6.00. The van der Waals surface area contributed by atoms with Crippen LogP contribution in [0.4, 0.5) is 0 Å². The molecule has 4 aromatic carbocycles. The molecule has 0 spiro atoms. The van der Waals surface area contributed by atoms with E-state index in [9.17, 15) is 9.59 Å². The lowest BCUT2D eigenvalue weighted by molar-refractivity contribution is -0.213. The maximum Gasteiger partial charge on any atom is 0.355 e. The van der Waals surface area contributed by atoms with Crippen LogP contribution < -0.4 is 10.4 Å². The third kappa shape index (κ3) is 6.27. The summed E-state index contributed by atoms with van der Waals surface area (Å²) in [6.45, 7) is 1.91. The van der Waals surface area contributed by atoms with Crippen molar-refractivity contribution in [2.24, 2.45) is 0 Å². The number of aryl methyl sites for hydroxylation is 2. The van der Waals surface area contributed by atoms with Gasteiger partial charge in [0.15, 0.2) is 5.75 Å². The summed E-state index contributed by atoms with van der Waals surface area (Å²) in [7, 11) is 0. The maximum atomic E-state index is 12.7. The van der Waals surface area contributed by atoms with Crippen molar-refractivity contribution in [1.82, 2.24) is 4.98 Å².